The summed E-state index contributed by atoms with van der Waals surface area (Å²) >= 11 is 5.62. The van der Waals surface area contributed by atoms with Gasteiger partial charge in [-0.1, -0.05) is 12.1 Å². The van der Waals surface area contributed by atoms with E-state index >= 15 is 0 Å². The van der Waals surface area contributed by atoms with Crippen molar-refractivity contribution in [1.29, 1.82) is 0 Å². The van der Waals surface area contributed by atoms with Gasteiger partial charge in [-0.05, 0) is 72.9 Å². The van der Waals surface area contributed by atoms with Crippen LogP contribution in [0.2, 0.25) is 0 Å². The maximum absolute atomic E-state index is 13.2. The molecule has 3 aromatic rings. The lowest BCUT2D eigenvalue weighted by atomic mass is 10.0. The fraction of sp³-hybridized carbons (Fsp3) is 0.304. The van der Waals surface area contributed by atoms with Gasteiger partial charge in [-0.15, -0.1) is 0 Å². The number of likely N-dealkylation sites (N-methyl/N-ethyl adjacent to an activating group) is 1. The van der Waals surface area contributed by atoms with Crippen LogP contribution in [0.25, 0.3) is 10.9 Å². The number of halogens is 1. The first-order chi connectivity index (χ1) is 14.2. The molecule has 0 unspecified atom stereocenters. The number of thiocarbonyl (C=S) groups is 1. The van der Waals surface area contributed by atoms with E-state index in [2.05, 4.69) is 30.5 Å². The van der Waals surface area contributed by atoms with Crippen molar-refractivity contribution in [2.45, 2.75) is 20.4 Å². The van der Waals surface area contributed by atoms with E-state index in [1.54, 1.807) is 12.1 Å². The molecule has 0 aliphatic carbocycles. The van der Waals surface area contributed by atoms with Gasteiger partial charge in [0.1, 0.15) is 5.82 Å². The Kier molecular flexibility index (Phi) is 6.84. The fourth-order valence-corrected chi connectivity index (χ4v) is 3.51. The molecule has 0 saturated heterocycles. The number of nitrogens with zero attached hydrogens (tertiary/aromatic N) is 1. The molecule has 0 fully saturated rings. The summed E-state index contributed by atoms with van der Waals surface area (Å²) in [5.41, 5.74) is 4.36. The number of pyridine rings is 1. The number of aromatic nitrogens is 1. The summed E-state index contributed by atoms with van der Waals surface area (Å²) in [5.74, 6) is -0.298. The van der Waals surface area contributed by atoms with Crippen molar-refractivity contribution in [3.8, 4) is 0 Å². The van der Waals surface area contributed by atoms with Crippen LogP contribution in [0.5, 0.6) is 0 Å². The molecule has 0 bridgehead atoms. The zero-order valence-corrected chi connectivity index (χ0v) is 18.6. The molecule has 3 N–H and O–H groups in total. The lowest BCUT2D eigenvalue weighted by molar-refractivity contribution is -0.857. The predicted octanol–water partition coefficient (Wildman–Crippen LogP) is 2.63. The van der Waals surface area contributed by atoms with Gasteiger partial charge in [-0.25, -0.2) is 4.39 Å². The van der Waals surface area contributed by atoms with E-state index in [-0.39, 0.29) is 11.4 Å². The maximum Gasteiger partial charge on any atom is 0.253 e. The van der Waals surface area contributed by atoms with E-state index in [0.29, 0.717) is 29.5 Å². The zero-order valence-electron chi connectivity index (χ0n) is 17.8. The standard InChI is InChI=1S/C23H27FN4OS/c1-15-5-6-17-13-18(22(29)26-21(17)16(15)2)14-28(12-11-27(3)4)23(30)25-20-9-7-19(24)8-10-20/h5-10,13H,11-12,14H2,1-4H3,(H,25,30)(H,26,29)/p+1. The van der Waals surface area contributed by atoms with Crippen LogP contribution in [-0.4, -0.2) is 42.2 Å². The van der Waals surface area contributed by atoms with Crippen LogP contribution < -0.4 is 15.8 Å². The Morgan fingerprint density at radius 3 is 2.53 bits per heavy atom. The molecule has 30 heavy (non-hydrogen) atoms. The minimum absolute atomic E-state index is 0.108. The van der Waals surface area contributed by atoms with Crippen molar-refractivity contribution in [3.05, 3.63) is 75.3 Å². The molecule has 1 heterocycles. The van der Waals surface area contributed by atoms with Crippen LogP contribution >= 0.6 is 12.2 Å². The van der Waals surface area contributed by atoms with Crippen molar-refractivity contribution in [2.24, 2.45) is 0 Å². The molecule has 158 valence electrons. The predicted molar refractivity (Wildman–Crippen MR) is 125 cm³/mol. The van der Waals surface area contributed by atoms with Gasteiger partial charge in [0.15, 0.2) is 5.11 Å². The molecule has 5 nitrogen and oxygen atoms in total. The number of hydrogen-bond acceptors (Lipinski definition) is 2. The number of anilines is 1. The maximum atomic E-state index is 13.2. The second-order valence-corrected chi connectivity index (χ2v) is 8.30. The van der Waals surface area contributed by atoms with Gasteiger partial charge in [0, 0.05) is 11.3 Å². The van der Waals surface area contributed by atoms with Crippen LogP contribution in [0.15, 0.2) is 47.3 Å². The second-order valence-electron chi connectivity index (χ2n) is 7.91. The highest BCUT2D eigenvalue weighted by atomic mass is 32.1. The van der Waals surface area contributed by atoms with E-state index in [1.807, 2.05) is 30.9 Å². The molecule has 1 aromatic heterocycles. The summed E-state index contributed by atoms with van der Waals surface area (Å²) in [6.07, 6.45) is 0. The average molecular weight is 428 g/mol. The molecule has 0 atom stereocenters. The third-order valence-corrected chi connectivity index (χ3v) is 5.61. The monoisotopic (exact) mass is 427 g/mol. The third-order valence-electron chi connectivity index (χ3n) is 5.25. The van der Waals surface area contributed by atoms with E-state index in [9.17, 15) is 9.18 Å². The lowest BCUT2D eigenvalue weighted by Crippen LogP contribution is -3.06. The summed E-state index contributed by atoms with van der Waals surface area (Å²) in [7, 11) is 4.14. The van der Waals surface area contributed by atoms with Gasteiger partial charge in [-0.2, -0.15) is 0 Å². The second kappa shape index (κ2) is 9.36. The van der Waals surface area contributed by atoms with Crippen LogP contribution in [0.3, 0.4) is 0 Å². The van der Waals surface area contributed by atoms with Crippen LogP contribution in [0, 0.1) is 19.7 Å². The average Bonchev–Trinajstić information content (AvgIpc) is 2.70. The van der Waals surface area contributed by atoms with Crippen molar-refractivity contribution in [1.82, 2.24) is 9.88 Å². The minimum atomic E-state index is -0.298. The third kappa shape index (κ3) is 5.23. The van der Waals surface area contributed by atoms with Crippen molar-refractivity contribution in [2.75, 3.05) is 32.5 Å². The highest BCUT2D eigenvalue weighted by Crippen LogP contribution is 2.19. The number of H-pyrrole nitrogens is 1. The SMILES string of the molecule is Cc1ccc2cc(CN(CC[NH+](C)C)C(=S)Nc3ccc(F)cc3)c(=O)[nH]c2c1C. The van der Waals surface area contributed by atoms with E-state index < -0.39 is 0 Å². The molecule has 2 aromatic carbocycles. The van der Waals surface area contributed by atoms with Crippen LogP contribution in [-0.2, 0) is 6.54 Å². The quantitative estimate of drug-likeness (QED) is 0.530. The molecular formula is C23H28FN4OS+. The first-order valence-corrected chi connectivity index (χ1v) is 10.4. The van der Waals surface area contributed by atoms with Crippen LogP contribution in [0.4, 0.5) is 10.1 Å². The summed E-state index contributed by atoms with van der Waals surface area (Å²) in [6.45, 7) is 5.97. The highest BCUT2D eigenvalue weighted by molar-refractivity contribution is 7.80. The molecule has 0 saturated carbocycles. The summed E-state index contributed by atoms with van der Waals surface area (Å²) in [6, 6.07) is 12.1. The number of aryl methyl sites for hydroxylation is 2. The lowest BCUT2D eigenvalue weighted by Gasteiger charge is -2.26. The van der Waals surface area contributed by atoms with Gasteiger partial charge < -0.3 is 20.1 Å². The Morgan fingerprint density at radius 1 is 1.17 bits per heavy atom. The molecule has 0 aliphatic heterocycles. The Morgan fingerprint density at radius 2 is 1.87 bits per heavy atom. The highest BCUT2D eigenvalue weighted by Gasteiger charge is 2.15. The van der Waals surface area contributed by atoms with Gasteiger partial charge in [0.2, 0.25) is 0 Å². The number of aromatic amines is 1. The molecule has 3 rings (SSSR count). The Bertz CT molecular complexity index is 1110. The fourth-order valence-electron chi connectivity index (χ4n) is 3.24. The summed E-state index contributed by atoms with van der Waals surface area (Å²) < 4.78 is 13.2. The molecular weight excluding hydrogens is 399 g/mol. The zero-order chi connectivity index (χ0) is 21.8. The molecule has 0 spiro atoms. The number of benzene rings is 2. The number of hydrogen-bond donors (Lipinski definition) is 3. The minimum Gasteiger partial charge on any atom is -0.339 e. The summed E-state index contributed by atoms with van der Waals surface area (Å²) in [4.78, 5) is 19.1. The molecule has 7 heteroatoms. The van der Waals surface area contributed by atoms with Gasteiger partial charge in [-0.3, -0.25) is 4.79 Å². The molecule has 0 amide bonds. The Hall–Kier alpha value is -2.77. The Labute approximate surface area is 181 Å². The normalized spacial score (nSPS) is 11.1. The first-order valence-electron chi connectivity index (χ1n) is 9.97. The topological polar surface area (TPSA) is 52.6 Å². The van der Waals surface area contributed by atoms with E-state index in [1.165, 1.54) is 17.0 Å². The van der Waals surface area contributed by atoms with E-state index in [4.69, 9.17) is 12.2 Å². The van der Waals surface area contributed by atoms with E-state index in [0.717, 1.165) is 28.6 Å². The van der Waals surface area contributed by atoms with Crippen molar-refractivity contribution >= 4 is 33.9 Å². The number of nitrogens with one attached hydrogen (secondary N) is 3. The van der Waals surface area contributed by atoms with Gasteiger partial charge >= 0.3 is 0 Å². The Balaban J connectivity index is 1.87. The number of fused-ring (bicyclic) bond motifs is 1. The molecule has 0 radical (unpaired) electrons. The smallest absolute Gasteiger partial charge is 0.253 e. The van der Waals surface area contributed by atoms with Crippen molar-refractivity contribution < 1.29 is 9.29 Å². The van der Waals surface area contributed by atoms with Gasteiger partial charge in [0.05, 0.1) is 39.2 Å². The van der Waals surface area contributed by atoms with Gasteiger partial charge in [0.25, 0.3) is 5.56 Å². The first kappa shape index (κ1) is 21.9. The number of rotatable bonds is 6. The number of quaternary nitrogens is 1. The van der Waals surface area contributed by atoms with Crippen molar-refractivity contribution in [3.63, 3.8) is 0 Å². The largest absolute Gasteiger partial charge is 0.339 e. The molecule has 0 aliphatic rings. The van der Waals surface area contributed by atoms with Crippen LogP contribution in [0.1, 0.15) is 16.7 Å². The summed E-state index contributed by atoms with van der Waals surface area (Å²) in [5, 5.41) is 4.66.